The average Bonchev–Trinajstić information content (AvgIpc) is 2.83. The summed E-state index contributed by atoms with van der Waals surface area (Å²) in [6.45, 7) is 0.287. The number of amides is 1. The minimum Gasteiger partial charge on any atom is -0.507 e. The van der Waals surface area contributed by atoms with Crippen molar-refractivity contribution < 1.29 is 75.5 Å². The van der Waals surface area contributed by atoms with E-state index in [1.54, 1.807) is 0 Å². The van der Waals surface area contributed by atoms with E-state index in [0.29, 0.717) is 0 Å². The lowest BCUT2D eigenvalue weighted by molar-refractivity contribution is -0.197. The highest BCUT2D eigenvalue weighted by Crippen LogP contribution is 2.22. The summed E-state index contributed by atoms with van der Waals surface area (Å²) in [5.41, 5.74) is -0.833. The van der Waals surface area contributed by atoms with E-state index in [9.17, 15) is 55.9 Å². The quantitative estimate of drug-likeness (QED) is 0.0581. The van der Waals surface area contributed by atoms with Gasteiger partial charge in [0.2, 0.25) is 12.2 Å². The lowest BCUT2D eigenvalue weighted by atomic mass is 10.0. The maximum absolute atomic E-state index is 11.7. The van der Waals surface area contributed by atoms with E-state index in [4.69, 9.17) is 19.7 Å². The Balaban J connectivity index is 6.17. The fourth-order valence-corrected chi connectivity index (χ4v) is 3.00. The van der Waals surface area contributed by atoms with E-state index in [-0.39, 0.29) is 6.42 Å². The molecule has 0 fully saturated rings. The van der Waals surface area contributed by atoms with Gasteiger partial charge in [0.15, 0.2) is 17.8 Å². The molecular formula is C21H39NO15. The number of carbonyl (C=O) groups excluding carboxylic acids is 1. The van der Waals surface area contributed by atoms with Gasteiger partial charge in [-0.3, -0.25) is 4.79 Å². The van der Waals surface area contributed by atoms with Gasteiger partial charge in [-0.2, -0.15) is 0 Å². The third-order valence-corrected chi connectivity index (χ3v) is 4.95. The van der Waals surface area contributed by atoms with Crippen LogP contribution in [0, 0.1) is 0 Å². The summed E-state index contributed by atoms with van der Waals surface area (Å²) in [6, 6.07) is 0. The molecule has 1 amide bonds. The summed E-state index contributed by atoms with van der Waals surface area (Å²) >= 11 is 0. The SMILES string of the molecule is CC(=O)N/C(=C(\O)[C@@H](CCO)O[C@H](O)/C(O)=C(\O)[C@@H](O)CCO)[C@@H](O)OC(C(O)[C@H](O)CCO)[C@@H](C)O. The van der Waals surface area contributed by atoms with Gasteiger partial charge in [0, 0.05) is 39.6 Å². The molecule has 0 spiro atoms. The summed E-state index contributed by atoms with van der Waals surface area (Å²) in [5.74, 6) is -4.39. The summed E-state index contributed by atoms with van der Waals surface area (Å²) < 4.78 is 10.2. The van der Waals surface area contributed by atoms with Crippen LogP contribution in [0.3, 0.4) is 0 Å². The van der Waals surface area contributed by atoms with Crippen LogP contribution in [0.15, 0.2) is 23.0 Å². The van der Waals surface area contributed by atoms with Crippen molar-refractivity contribution in [2.24, 2.45) is 0 Å². The van der Waals surface area contributed by atoms with Crippen molar-refractivity contribution in [1.82, 2.24) is 5.32 Å². The van der Waals surface area contributed by atoms with Gasteiger partial charge in [-0.05, 0) is 13.3 Å². The summed E-state index contributed by atoms with van der Waals surface area (Å²) in [4.78, 5) is 11.7. The molecule has 0 aliphatic carbocycles. The molecule has 37 heavy (non-hydrogen) atoms. The third kappa shape index (κ3) is 11.5. The number of rotatable bonds is 18. The highest BCUT2D eigenvalue weighted by Gasteiger charge is 2.35. The van der Waals surface area contributed by atoms with Crippen molar-refractivity contribution in [3.63, 3.8) is 0 Å². The molecule has 16 heteroatoms. The van der Waals surface area contributed by atoms with Crippen LogP contribution in [-0.2, 0) is 14.3 Å². The Morgan fingerprint density at radius 2 is 1.30 bits per heavy atom. The van der Waals surface area contributed by atoms with Crippen LogP contribution in [-0.4, -0.2) is 136 Å². The molecule has 0 aromatic carbocycles. The predicted octanol–water partition coefficient (Wildman–Crippen LogP) is -3.76. The van der Waals surface area contributed by atoms with Crippen LogP contribution < -0.4 is 5.32 Å². The average molecular weight is 546 g/mol. The van der Waals surface area contributed by atoms with Gasteiger partial charge in [0.05, 0.1) is 12.2 Å². The van der Waals surface area contributed by atoms with Gasteiger partial charge in [-0.1, -0.05) is 0 Å². The van der Waals surface area contributed by atoms with Gasteiger partial charge in [0.25, 0.3) is 0 Å². The zero-order valence-corrected chi connectivity index (χ0v) is 20.5. The third-order valence-electron chi connectivity index (χ3n) is 4.95. The molecule has 0 bridgehead atoms. The Bertz CT molecular complexity index is 743. The van der Waals surface area contributed by atoms with E-state index in [1.807, 2.05) is 5.32 Å². The van der Waals surface area contributed by atoms with Crippen molar-refractivity contribution in [2.75, 3.05) is 19.8 Å². The second-order valence-corrected chi connectivity index (χ2v) is 8.03. The summed E-state index contributed by atoms with van der Waals surface area (Å²) in [7, 11) is 0. The zero-order chi connectivity index (χ0) is 28.9. The number of aliphatic hydroxyl groups excluding tert-OH is 12. The first-order chi connectivity index (χ1) is 17.2. The molecular weight excluding hydrogens is 506 g/mol. The number of hydrogen-bond acceptors (Lipinski definition) is 15. The number of aliphatic hydroxyl groups is 12. The molecule has 0 heterocycles. The molecule has 0 aromatic heterocycles. The van der Waals surface area contributed by atoms with Crippen LogP contribution in [0.5, 0.6) is 0 Å². The van der Waals surface area contributed by atoms with Crippen LogP contribution in [0.4, 0.5) is 0 Å². The minimum absolute atomic E-state index is 0.315. The molecule has 0 aliphatic rings. The summed E-state index contributed by atoms with van der Waals surface area (Å²) in [5, 5.41) is 120. The van der Waals surface area contributed by atoms with Crippen LogP contribution in [0.2, 0.25) is 0 Å². The molecule has 13 N–H and O–H groups in total. The minimum atomic E-state index is -2.41. The molecule has 0 saturated heterocycles. The van der Waals surface area contributed by atoms with Crippen LogP contribution in [0.25, 0.3) is 0 Å². The van der Waals surface area contributed by atoms with Gasteiger partial charge >= 0.3 is 0 Å². The van der Waals surface area contributed by atoms with Crippen molar-refractivity contribution in [1.29, 1.82) is 0 Å². The van der Waals surface area contributed by atoms with E-state index >= 15 is 0 Å². The second-order valence-electron chi connectivity index (χ2n) is 8.03. The number of carbonyl (C=O) groups is 1. The molecule has 0 rings (SSSR count). The Labute approximate surface area is 212 Å². The van der Waals surface area contributed by atoms with Gasteiger partial charge in [0.1, 0.15) is 35.9 Å². The van der Waals surface area contributed by atoms with Crippen molar-refractivity contribution in [2.45, 2.75) is 82.3 Å². The smallest absolute Gasteiger partial charge is 0.221 e. The van der Waals surface area contributed by atoms with E-state index in [0.717, 1.165) is 13.8 Å². The first kappa shape index (κ1) is 34.9. The fraction of sp³-hybridized carbons (Fsp3) is 0.762. The maximum Gasteiger partial charge on any atom is 0.221 e. The Morgan fingerprint density at radius 3 is 1.76 bits per heavy atom. The van der Waals surface area contributed by atoms with Crippen LogP contribution >= 0.6 is 0 Å². The number of hydrogen-bond donors (Lipinski definition) is 13. The highest BCUT2D eigenvalue weighted by molar-refractivity contribution is 5.75. The molecule has 218 valence electrons. The van der Waals surface area contributed by atoms with E-state index in [2.05, 4.69) is 0 Å². The fourth-order valence-electron chi connectivity index (χ4n) is 3.00. The van der Waals surface area contributed by atoms with Crippen molar-refractivity contribution in [3.05, 3.63) is 23.0 Å². The number of nitrogens with one attached hydrogen (secondary N) is 1. The van der Waals surface area contributed by atoms with Crippen molar-refractivity contribution in [3.8, 4) is 0 Å². The van der Waals surface area contributed by atoms with E-state index in [1.165, 1.54) is 0 Å². The molecule has 2 unspecified atom stereocenters. The normalized spacial score (nSPS) is 20.0. The Kier molecular flexibility index (Phi) is 16.4. The molecule has 16 nitrogen and oxygen atoms in total. The monoisotopic (exact) mass is 545 g/mol. The molecule has 0 saturated carbocycles. The molecule has 0 radical (unpaired) electrons. The topological polar surface area (TPSA) is 290 Å². The first-order valence-corrected chi connectivity index (χ1v) is 11.3. The summed E-state index contributed by atoms with van der Waals surface area (Å²) in [6.07, 6.45) is -16.2. The lowest BCUT2D eigenvalue weighted by Crippen LogP contribution is -2.48. The van der Waals surface area contributed by atoms with Crippen molar-refractivity contribution >= 4 is 5.91 Å². The molecule has 0 aliphatic heterocycles. The highest BCUT2D eigenvalue weighted by atomic mass is 16.6. The molecule has 0 aromatic rings. The predicted molar refractivity (Wildman–Crippen MR) is 122 cm³/mol. The first-order valence-electron chi connectivity index (χ1n) is 11.3. The Hall–Kier alpha value is -2.09. The second kappa shape index (κ2) is 17.4. The van der Waals surface area contributed by atoms with Gasteiger partial charge < -0.3 is 76.1 Å². The van der Waals surface area contributed by atoms with Gasteiger partial charge in [-0.15, -0.1) is 0 Å². The zero-order valence-electron chi connectivity index (χ0n) is 20.5. The number of ether oxygens (including phenoxy) is 2. The van der Waals surface area contributed by atoms with E-state index < -0.39 is 111 Å². The molecule has 8 atom stereocenters. The Morgan fingerprint density at radius 1 is 0.757 bits per heavy atom. The van der Waals surface area contributed by atoms with Crippen LogP contribution in [0.1, 0.15) is 33.1 Å². The van der Waals surface area contributed by atoms with Gasteiger partial charge in [-0.25, -0.2) is 0 Å². The largest absolute Gasteiger partial charge is 0.507 e. The standard InChI is InChI=1S/C21H39NO15/c1-9(26)19(16(31)12(29)4-7-24)37-20(34)14(22-10(2)27)17(32)13(5-8-25)36-21(35)18(33)15(30)11(28)3-6-23/h9,11-13,16,19-21,23-26,28-35H,3-8H2,1-2H3,(H,22,27)/b17-14-,18-15+/t9-,11+,12-,13-,16?,19?,20+,21+/m1/s1. The maximum atomic E-state index is 11.7. The lowest BCUT2D eigenvalue weighted by Gasteiger charge is -2.32.